The minimum atomic E-state index is -0.0296. The Kier molecular flexibility index (Phi) is 1.74. The molecule has 4 heteroatoms. The number of hydrogen-bond donors (Lipinski definition) is 1. The van der Waals surface area contributed by atoms with Gasteiger partial charge in [-0.15, -0.1) is 0 Å². The van der Waals surface area contributed by atoms with E-state index in [4.69, 9.17) is 0 Å². The summed E-state index contributed by atoms with van der Waals surface area (Å²) in [5.41, 5.74) is 4.38. The van der Waals surface area contributed by atoms with Gasteiger partial charge in [0.05, 0.1) is 5.69 Å². The van der Waals surface area contributed by atoms with Crippen molar-refractivity contribution in [2.75, 3.05) is 0 Å². The summed E-state index contributed by atoms with van der Waals surface area (Å²) in [6, 6.07) is 0. The highest BCUT2D eigenvalue weighted by molar-refractivity contribution is 5.50. The van der Waals surface area contributed by atoms with Crippen LogP contribution >= 0.6 is 0 Å². The normalized spacial score (nSPS) is 11.1. The van der Waals surface area contributed by atoms with Crippen LogP contribution in [0, 0.1) is 27.7 Å². The van der Waals surface area contributed by atoms with E-state index in [9.17, 15) is 4.79 Å². The molecule has 4 nitrogen and oxygen atoms in total. The molecule has 0 amide bonds. The van der Waals surface area contributed by atoms with E-state index in [0.717, 1.165) is 28.2 Å². The van der Waals surface area contributed by atoms with Gasteiger partial charge in [-0.1, -0.05) is 0 Å². The lowest BCUT2D eigenvalue weighted by atomic mass is 10.2. The number of nitrogens with one attached hydrogen (secondary N) is 1. The second kappa shape index (κ2) is 2.70. The van der Waals surface area contributed by atoms with Crippen molar-refractivity contribution in [3.63, 3.8) is 0 Å². The van der Waals surface area contributed by atoms with Crippen LogP contribution in [0.4, 0.5) is 0 Å². The van der Waals surface area contributed by atoms with Gasteiger partial charge >= 0.3 is 0 Å². The van der Waals surface area contributed by atoms with Crippen LogP contribution < -0.4 is 5.56 Å². The highest BCUT2D eigenvalue weighted by Gasteiger charge is 2.10. The molecule has 2 aromatic rings. The molecule has 2 aromatic heterocycles. The Labute approximate surface area is 81.6 Å². The zero-order valence-electron chi connectivity index (χ0n) is 8.80. The van der Waals surface area contributed by atoms with Gasteiger partial charge in [0.15, 0.2) is 0 Å². The lowest BCUT2D eigenvalue weighted by Crippen LogP contribution is -2.15. The van der Waals surface area contributed by atoms with Crippen LogP contribution in [-0.4, -0.2) is 14.6 Å². The third-order valence-electron chi connectivity index (χ3n) is 2.79. The maximum absolute atomic E-state index is 11.5. The Morgan fingerprint density at radius 2 is 1.79 bits per heavy atom. The van der Waals surface area contributed by atoms with Crippen molar-refractivity contribution >= 4 is 5.65 Å². The van der Waals surface area contributed by atoms with Crippen LogP contribution in [0.15, 0.2) is 4.79 Å². The summed E-state index contributed by atoms with van der Waals surface area (Å²) in [5, 5.41) is 4.36. The third-order valence-corrected chi connectivity index (χ3v) is 2.79. The molecule has 0 aliphatic rings. The van der Waals surface area contributed by atoms with E-state index in [-0.39, 0.29) is 5.56 Å². The summed E-state index contributed by atoms with van der Waals surface area (Å²) in [4.78, 5) is 14.4. The first-order valence-corrected chi connectivity index (χ1v) is 4.57. The highest BCUT2D eigenvalue weighted by atomic mass is 16.1. The fourth-order valence-electron chi connectivity index (χ4n) is 1.52. The molecule has 0 fully saturated rings. The lowest BCUT2D eigenvalue weighted by Gasteiger charge is -2.01. The largest absolute Gasteiger partial charge is 0.306 e. The zero-order chi connectivity index (χ0) is 10.5. The minimum absolute atomic E-state index is 0.0296. The molecule has 0 radical (unpaired) electrons. The molecule has 2 heterocycles. The molecule has 0 aliphatic carbocycles. The Bertz CT molecular complexity index is 563. The van der Waals surface area contributed by atoms with E-state index in [0.29, 0.717) is 0 Å². The first kappa shape index (κ1) is 8.99. The van der Waals surface area contributed by atoms with Crippen LogP contribution in [0.2, 0.25) is 0 Å². The fourth-order valence-corrected chi connectivity index (χ4v) is 1.52. The first-order valence-electron chi connectivity index (χ1n) is 4.57. The quantitative estimate of drug-likeness (QED) is 0.681. The van der Waals surface area contributed by atoms with Crippen LogP contribution in [0.25, 0.3) is 5.65 Å². The number of nitrogens with zero attached hydrogens (tertiary/aromatic N) is 2. The Morgan fingerprint density at radius 3 is 2.43 bits per heavy atom. The predicted molar refractivity (Wildman–Crippen MR) is 54.8 cm³/mol. The van der Waals surface area contributed by atoms with Crippen molar-refractivity contribution < 1.29 is 0 Å². The van der Waals surface area contributed by atoms with Gasteiger partial charge in [-0.05, 0) is 27.7 Å². The average molecular weight is 191 g/mol. The second-order valence-corrected chi connectivity index (χ2v) is 3.64. The maximum Gasteiger partial charge on any atom is 0.254 e. The Morgan fingerprint density at radius 1 is 1.14 bits per heavy atom. The topological polar surface area (TPSA) is 50.2 Å². The summed E-state index contributed by atoms with van der Waals surface area (Å²) in [6.45, 7) is 7.61. The molecule has 74 valence electrons. The Hall–Kier alpha value is -1.58. The predicted octanol–water partition coefficient (Wildman–Crippen LogP) is 1.26. The van der Waals surface area contributed by atoms with Crippen LogP contribution in [-0.2, 0) is 0 Å². The maximum atomic E-state index is 11.5. The second-order valence-electron chi connectivity index (χ2n) is 3.64. The molecule has 0 saturated carbocycles. The monoisotopic (exact) mass is 191 g/mol. The number of fused-ring (bicyclic) bond motifs is 1. The van der Waals surface area contributed by atoms with Gasteiger partial charge in [-0.25, -0.2) is 4.52 Å². The van der Waals surface area contributed by atoms with Gasteiger partial charge in [0.1, 0.15) is 5.65 Å². The molecule has 1 N–H and O–H groups in total. The molecule has 0 unspecified atom stereocenters. The highest BCUT2D eigenvalue weighted by Crippen LogP contribution is 2.12. The van der Waals surface area contributed by atoms with E-state index >= 15 is 0 Å². The fraction of sp³-hybridized carbons (Fsp3) is 0.400. The number of hydrogen-bond acceptors (Lipinski definition) is 2. The van der Waals surface area contributed by atoms with Crippen molar-refractivity contribution in [2.45, 2.75) is 27.7 Å². The number of rotatable bonds is 0. The Balaban J connectivity index is 3.05. The van der Waals surface area contributed by atoms with E-state index in [1.165, 1.54) is 0 Å². The van der Waals surface area contributed by atoms with Gasteiger partial charge in [-0.3, -0.25) is 4.79 Å². The van der Waals surface area contributed by atoms with Gasteiger partial charge in [0.2, 0.25) is 0 Å². The summed E-state index contributed by atoms with van der Waals surface area (Å²) >= 11 is 0. The molecule has 0 saturated heterocycles. The van der Waals surface area contributed by atoms with Gasteiger partial charge in [0.25, 0.3) is 5.56 Å². The summed E-state index contributed by atoms with van der Waals surface area (Å²) in [7, 11) is 0. The van der Waals surface area contributed by atoms with E-state index < -0.39 is 0 Å². The lowest BCUT2D eigenvalue weighted by molar-refractivity contribution is 0.856. The summed E-state index contributed by atoms with van der Waals surface area (Å²) in [6.07, 6.45) is 0. The molecule has 14 heavy (non-hydrogen) atoms. The molecule has 0 aliphatic heterocycles. The van der Waals surface area contributed by atoms with Crippen molar-refractivity contribution in [3.8, 4) is 0 Å². The molecular formula is C10H13N3O. The number of H-pyrrole nitrogens is 1. The zero-order valence-corrected chi connectivity index (χ0v) is 8.80. The van der Waals surface area contributed by atoms with E-state index in [1.54, 1.807) is 11.4 Å². The van der Waals surface area contributed by atoms with Crippen molar-refractivity contribution in [2.24, 2.45) is 0 Å². The molecule has 0 aromatic carbocycles. The number of aromatic nitrogens is 3. The summed E-state index contributed by atoms with van der Waals surface area (Å²) in [5.74, 6) is 0. The van der Waals surface area contributed by atoms with Crippen LogP contribution in [0.1, 0.15) is 22.5 Å². The molecular weight excluding hydrogens is 178 g/mol. The van der Waals surface area contributed by atoms with Crippen LogP contribution in [0.3, 0.4) is 0 Å². The smallest absolute Gasteiger partial charge is 0.254 e. The average Bonchev–Trinajstić information content (AvgIpc) is 2.42. The van der Waals surface area contributed by atoms with Gasteiger partial charge < -0.3 is 4.98 Å². The van der Waals surface area contributed by atoms with Crippen molar-refractivity contribution in [1.29, 1.82) is 0 Å². The molecule has 0 spiro atoms. The number of aryl methyl sites for hydroxylation is 3. The SMILES string of the molecule is Cc1nn2c(C)c(C)c(=O)[nH]c2c1C. The first-order chi connectivity index (χ1) is 6.52. The van der Waals surface area contributed by atoms with E-state index in [1.807, 2.05) is 20.8 Å². The van der Waals surface area contributed by atoms with Crippen LogP contribution in [0.5, 0.6) is 0 Å². The minimum Gasteiger partial charge on any atom is -0.306 e. The third kappa shape index (κ3) is 0.999. The standard InChI is InChI=1S/C10H13N3O/c1-5-7(3)12-13-8(4)6(2)10(14)11-9(5)13/h1-4H3,(H,11,14). The molecule has 2 rings (SSSR count). The van der Waals surface area contributed by atoms with Crippen molar-refractivity contribution in [3.05, 3.63) is 32.9 Å². The van der Waals surface area contributed by atoms with E-state index in [2.05, 4.69) is 10.1 Å². The van der Waals surface area contributed by atoms with Gasteiger partial charge in [0, 0.05) is 16.8 Å². The number of aromatic amines is 1. The summed E-state index contributed by atoms with van der Waals surface area (Å²) < 4.78 is 1.79. The molecule has 0 atom stereocenters. The molecule has 0 bridgehead atoms. The van der Waals surface area contributed by atoms with Gasteiger partial charge in [-0.2, -0.15) is 5.10 Å². The van der Waals surface area contributed by atoms with Crippen molar-refractivity contribution in [1.82, 2.24) is 14.6 Å².